The van der Waals surface area contributed by atoms with Crippen LogP contribution in [-0.2, 0) is 29.1 Å². The van der Waals surface area contributed by atoms with Crippen LogP contribution in [0.25, 0.3) is 0 Å². The third-order valence-corrected chi connectivity index (χ3v) is 6.29. The molecule has 4 aromatic carbocycles. The zero-order valence-corrected chi connectivity index (χ0v) is 20.8. The zero-order valence-electron chi connectivity index (χ0n) is 20.0. The Bertz CT molecular complexity index is 1250. The molecule has 182 valence electrons. The van der Waals surface area contributed by atoms with E-state index in [1.807, 2.05) is 103 Å². The molecule has 5 heteroatoms. The van der Waals surface area contributed by atoms with Gasteiger partial charge in [-0.3, -0.25) is 9.59 Å². The number of rotatable bonds is 10. The van der Waals surface area contributed by atoms with Gasteiger partial charge in [0.05, 0.1) is 0 Å². The Balaban J connectivity index is 1.61. The first-order valence-electron chi connectivity index (χ1n) is 12.0. The Hall–Kier alpha value is -3.89. The predicted molar refractivity (Wildman–Crippen MR) is 144 cm³/mol. The lowest BCUT2D eigenvalue weighted by molar-refractivity contribution is -0.141. The number of benzene rings is 4. The number of carbonyl (C=O) groups excluding carboxylic acids is 2. The minimum absolute atomic E-state index is 0.0711. The Labute approximate surface area is 217 Å². The normalized spacial score (nSPS) is 11.5. The van der Waals surface area contributed by atoms with Crippen LogP contribution < -0.4 is 5.32 Å². The first-order valence-corrected chi connectivity index (χ1v) is 12.4. The largest absolute Gasteiger partial charge is 0.350 e. The average molecular weight is 497 g/mol. The minimum atomic E-state index is -0.762. The first-order chi connectivity index (χ1) is 17.6. The van der Waals surface area contributed by atoms with Gasteiger partial charge in [0.2, 0.25) is 11.8 Å². The molecule has 1 atom stereocenters. The van der Waals surface area contributed by atoms with Crippen LogP contribution >= 0.6 is 11.6 Å². The molecule has 0 radical (unpaired) electrons. The number of halogens is 1. The summed E-state index contributed by atoms with van der Waals surface area (Å²) in [7, 11) is 0. The van der Waals surface area contributed by atoms with Crippen molar-refractivity contribution in [2.75, 3.05) is 0 Å². The summed E-state index contributed by atoms with van der Waals surface area (Å²) >= 11 is 6.00. The maximum Gasteiger partial charge on any atom is 0.247 e. The molecule has 0 aliphatic heterocycles. The van der Waals surface area contributed by atoms with Crippen molar-refractivity contribution in [2.24, 2.45) is 0 Å². The topological polar surface area (TPSA) is 49.4 Å². The molecular weight excluding hydrogens is 468 g/mol. The minimum Gasteiger partial charge on any atom is -0.350 e. The molecule has 36 heavy (non-hydrogen) atoms. The molecule has 1 N–H and O–H groups in total. The number of hydrogen-bond acceptors (Lipinski definition) is 2. The van der Waals surface area contributed by atoms with Crippen molar-refractivity contribution in [1.29, 1.82) is 0 Å². The molecular formula is C31H29ClN2O2. The molecule has 0 aliphatic carbocycles. The van der Waals surface area contributed by atoms with Gasteiger partial charge in [0.25, 0.3) is 0 Å². The van der Waals surface area contributed by atoms with Gasteiger partial charge in [-0.15, -0.1) is 0 Å². The fourth-order valence-electron chi connectivity index (χ4n) is 4.14. The van der Waals surface area contributed by atoms with Gasteiger partial charge >= 0.3 is 0 Å². The predicted octanol–water partition coefficient (Wildman–Crippen LogP) is 6.36. The summed E-state index contributed by atoms with van der Waals surface area (Å²) in [6.45, 7) is 0.680. The van der Waals surface area contributed by atoms with Crippen molar-refractivity contribution >= 4 is 23.4 Å². The van der Waals surface area contributed by atoms with Crippen LogP contribution in [0, 0.1) is 0 Å². The van der Waals surface area contributed by atoms with Crippen molar-refractivity contribution in [3.05, 3.63) is 143 Å². The maximum absolute atomic E-state index is 13.7. The summed E-state index contributed by atoms with van der Waals surface area (Å²) in [4.78, 5) is 29.0. The SMILES string of the molecule is O=C(NCc1ccc(Cl)cc1)C(c1ccccc1)N(Cc1ccccc1)C(=O)CCc1ccccc1. The fourth-order valence-corrected chi connectivity index (χ4v) is 4.27. The van der Waals surface area contributed by atoms with Gasteiger partial charge in [0.15, 0.2) is 0 Å². The molecule has 0 aliphatic rings. The Morgan fingerprint density at radius 1 is 0.694 bits per heavy atom. The van der Waals surface area contributed by atoms with E-state index >= 15 is 0 Å². The summed E-state index contributed by atoms with van der Waals surface area (Å²) < 4.78 is 0. The first kappa shape index (κ1) is 25.2. The van der Waals surface area contributed by atoms with E-state index in [0.29, 0.717) is 31.0 Å². The Morgan fingerprint density at radius 3 is 1.86 bits per heavy atom. The second kappa shape index (κ2) is 12.7. The van der Waals surface area contributed by atoms with Crippen molar-refractivity contribution in [1.82, 2.24) is 10.2 Å². The Kier molecular flexibility index (Phi) is 8.90. The quantitative estimate of drug-likeness (QED) is 0.278. The molecule has 4 aromatic rings. The highest BCUT2D eigenvalue weighted by molar-refractivity contribution is 6.30. The highest BCUT2D eigenvalue weighted by atomic mass is 35.5. The van der Waals surface area contributed by atoms with Crippen LogP contribution in [0.3, 0.4) is 0 Å². The van der Waals surface area contributed by atoms with Crippen LogP contribution in [-0.4, -0.2) is 16.7 Å². The highest BCUT2D eigenvalue weighted by Crippen LogP contribution is 2.25. The molecule has 4 nitrogen and oxygen atoms in total. The van der Waals surface area contributed by atoms with Gasteiger partial charge in [-0.05, 0) is 40.8 Å². The van der Waals surface area contributed by atoms with Gasteiger partial charge in [0.1, 0.15) is 6.04 Å². The lowest BCUT2D eigenvalue weighted by Crippen LogP contribution is -2.43. The molecule has 0 saturated heterocycles. The van der Waals surface area contributed by atoms with Gasteiger partial charge < -0.3 is 10.2 Å². The molecule has 1 unspecified atom stereocenters. The maximum atomic E-state index is 13.7. The zero-order chi connectivity index (χ0) is 25.2. The van der Waals surface area contributed by atoms with Crippen LogP contribution in [0.1, 0.15) is 34.7 Å². The molecule has 0 bridgehead atoms. The van der Waals surface area contributed by atoms with E-state index in [1.165, 1.54) is 0 Å². The summed E-state index contributed by atoms with van der Waals surface area (Å²) in [5.74, 6) is -0.293. The summed E-state index contributed by atoms with van der Waals surface area (Å²) in [6, 6.07) is 35.8. The van der Waals surface area contributed by atoms with Crippen LogP contribution in [0.5, 0.6) is 0 Å². The van der Waals surface area contributed by atoms with Gasteiger partial charge in [-0.2, -0.15) is 0 Å². The molecule has 0 saturated carbocycles. The fraction of sp³-hybridized carbons (Fsp3) is 0.161. The van der Waals surface area contributed by atoms with E-state index in [1.54, 1.807) is 17.0 Å². The number of amides is 2. The summed E-state index contributed by atoms with van der Waals surface area (Å²) in [5.41, 5.74) is 3.77. The molecule has 0 spiro atoms. The van der Waals surface area contributed by atoms with E-state index in [4.69, 9.17) is 11.6 Å². The van der Waals surface area contributed by atoms with Crippen LogP contribution in [0.15, 0.2) is 115 Å². The summed E-state index contributed by atoms with van der Waals surface area (Å²) in [6.07, 6.45) is 0.920. The van der Waals surface area contributed by atoms with Crippen molar-refractivity contribution in [2.45, 2.75) is 32.0 Å². The third kappa shape index (κ3) is 7.06. The van der Waals surface area contributed by atoms with Gasteiger partial charge in [0, 0.05) is 24.5 Å². The van der Waals surface area contributed by atoms with E-state index < -0.39 is 6.04 Å². The van der Waals surface area contributed by atoms with E-state index in [-0.39, 0.29) is 11.8 Å². The Morgan fingerprint density at radius 2 is 1.25 bits per heavy atom. The van der Waals surface area contributed by atoms with Gasteiger partial charge in [-0.25, -0.2) is 0 Å². The lowest BCUT2D eigenvalue weighted by Gasteiger charge is -2.32. The lowest BCUT2D eigenvalue weighted by atomic mass is 10.0. The monoisotopic (exact) mass is 496 g/mol. The number of nitrogens with one attached hydrogen (secondary N) is 1. The highest BCUT2D eigenvalue weighted by Gasteiger charge is 2.31. The summed E-state index contributed by atoms with van der Waals surface area (Å²) in [5, 5.41) is 3.68. The standard InChI is InChI=1S/C31H29ClN2O2/c32-28-19-16-25(17-20-28)22-33-31(36)30(27-14-8-3-9-15-27)34(23-26-12-6-2-7-13-26)29(35)21-18-24-10-4-1-5-11-24/h1-17,19-20,30H,18,21-23H2,(H,33,36). The van der Waals surface area contributed by atoms with Crippen molar-refractivity contribution in [3.8, 4) is 0 Å². The number of carbonyl (C=O) groups is 2. The second-order valence-electron chi connectivity index (χ2n) is 8.65. The third-order valence-electron chi connectivity index (χ3n) is 6.04. The molecule has 2 amide bonds. The molecule has 0 fully saturated rings. The van der Waals surface area contributed by atoms with Gasteiger partial charge in [-0.1, -0.05) is 115 Å². The number of hydrogen-bond donors (Lipinski definition) is 1. The number of aryl methyl sites for hydroxylation is 1. The van der Waals surface area contributed by atoms with Crippen LogP contribution in [0.4, 0.5) is 0 Å². The van der Waals surface area contributed by atoms with Crippen LogP contribution in [0.2, 0.25) is 5.02 Å². The van der Waals surface area contributed by atoms with Crippen molar-refractivity contribution < 1.29 is 9.59 Å². The smallest absolute Gasteiger partial charge is 0.247 e. The van der Waals surface area contributed by atoms with E-state index in [2.05, 4.69) is 5.32 Å². The van der Waals surface area contributed by atoms with E-state index in [9.17, 15) is 9.59 Å². The average Bonchev–Trinajstić information content (AvgIpc) is 2.93. The molecule has 4 rings (SSSR count). The molecule has 0 heterocycles. The molecule has 0 aromatic heterocycles. The van der Waals surface area contributed by atoms with E-state index in [0.717, 1.165) is 22.3 Å². The second-order valence-corrected chi connectivity index (χ2v) is 9.09. The van der Waals surface area contributed by atoms with Crippen molar-refractivity contribution in [3.63, 3.8) is 0 Å². The number of nitrogens with zero attached hydrogens (tertiary/aromatic N) is 1.